The van der Waals surface area contributed by atoms with Crippen LogP contribution < -0.4 is 0 Å². The van der Waals surface area contributed by atoms with E-state index in [0.717, 1.165) is 30.6 Å². The summed E-state index contributed by atoms with van der Waals surface area (Å²) in [6.07, 6.45) is 1.15. The first-order valence-corrected chi connectivity index (χ1v) is 10.3. The highest BCUT2D eigenvalue weighted by Gasteiger charge is 2.21. The van der Waals surface area contributed by atoms with Gasteiger partial charge in [-0.3, -0.25) is 9.69 Å². The van der Waals surface area contributed by atoms with Crippen molar-refractivity contribution in [3.05, 3.63) is 70.8 Å². The van der Waals surface area contributed by atoms with Crippen LogP contribution in [-0.4, -0.2) is 52.0 Å². The van der Waals surface area contributed by atoms with Crippen LogP contribution in [0.2, 0.25) is 5.02 Å². The molecule has 30 heavy (non-hydrogen) atoms. The van der Waals surface area contributed by atoms with Crippen LogP contribution in [0.5, 0.6) is 0 Å². The average molecular weight is 429 g/mol. The summed E-state index contributed by atoms with van der Waals surface area (Å²) in [5.74, 6) is 0.849. The fourth-order valence-corrected chi connectivity index (χ4v) is 3.62. The van der Waals surface area contributed by atoms with Crippen molar-refractivity contribution < 1.29 is 13.7 Å². The third kappa shape index (κ3) is 5.23. The Morgan fingerprint density at radius 3 is 2.57 bits per heavy atom. The van der Waals surface area contributed by atoms with Crippen LogP contribution in [0, 0.1) is 5.82 Å². The normalized spacial score (nSPS) is 15.2. The number of aromatic nitrogens is 2. The second-order valence-corrected chi connectivity index (χ2v) is 7.77. The molecule has 156 valence electrons. The standard InChI is InChI=1S/C22H22ClFN4O2/c23-18-6-4-17(5-7-18)22-25-20(30-26-22)15-27-10-1-11-28(13-12-27)21(29)14-16-2-8-19(24)9-3-16/h2-9H,1,10-15H2. The third-order valence-corrected chi connectivity index (χ3v) is 5.39. The monoisotopic (exact) mass is 428 g/mol. The molecule has 2 aromatic carbocycles. The van der Waals surface area contributed by atoms with E-state index in [1.165, 1.54) is 12.1 Å². The molecule has 0 N–H and O–H groups in total. The van der Waals surface area contributed by atoms with Crippen molar-refractivity contribution >= 4 is 17.5 Å². The molecule has 0 aliphatic carbocycles. The van der Waals surface area contributed by atoms with E-state index in [-0.39, 0.29) is 18.1 Å². The summed E-state index contributed by atoms with van der Waals surface area (Å²) in [7, 11) is 0. The fourth-order valence-electron chi connectivity index (χ4n) is 3.49. The summed E-state index contributed by atoms with van der Waals surface area (Å²) >= 11 is 5.92. The van der Waals surface area contributed by atoms with Crippen LogP contribution in [0.4, 0.5) is 4.39 Å². The van der Waals surface area contributed by atoms with E-state index in [2.05, 4.69) is 15.0 Å². The van der Waals surface area contributed by atoms with Crippen molar-refractivity contribution in [3.63, 3.8) is 0 Å². The number of carbonyl (C=O) groups excluding carboxylic acids is 1. The van der Waals surface area contributed by atoms with Crippen LogP contribution in [-0.2, 0) is 17.8 Å². The maximum atomic E-state index is 13.0. The number of benzene rings is 2. The summed E-state index contributed by atoms with van der Waals surface area (Å²) in [5.41, 5.74) is 1.67. The van der Waals surface area contributed by atoms with Crippen LogP contribution >= 0.6 is 11.6 Å². The smallest absolute Gasteiger partial charge is 0.241 e. The number of carbonyl (C=O) groups is 1. The lowest BCUT2D eigenvalue weighted by Crippen LogP contribution is -2.36. The maximum Gasteiger partial charge on any atom is 0.241 e. The highest BCUT2D eigenvalue weighted by molar-refractivity contribution is 6.30. The van der Waals surface area contributed by atoms with Crippen LogP contribution in [0.3, 0.4) is 0 Å². The zero-order valence-corrected chi connectivity index (χ0v) is 17.2. The highest BCUT2D eigenvalue weighted by atomic mass is 35.5. The SMILES string of the molecule is O=C(Cc1ccc(F)cc1)N1CCCN(Cc2nc(-c3ccc(Cl)cc3)no2)CC1. The molecule has 0 atom stereocenters. The van der Waals surface area contributed by atoms with Crippen LogP contribution in [0.1, 0.15) is 17.9 Å². The molecule has 0 saturated carbocycles. The highest BCUT2D eigenvalue weighted by Crippen LogP contribution is 2.19. The molecule has 1 aliphatic heterocycles. The average Bonchev–Trinajstić information content (AvgIpc) is 3.07. The third-order valence-electron chi connectivity index (χ3n) is 5.14. The number of nitrogens with zero attached hydrogens (tertiary/aromatic N) is 4. The Morgan fingerprint density at radius 2 is 1.80 bits per heavy atom. The second-order valence-electron chi connectivity index (χ2n) is 7.33. The first-order chi connectivity index (χ1) is 14.6. The quantitative estimate of drug-likeness (QED) is 0.618. The van der Waals surface area contributed by atoms with Crippen molar-refractivity contribution in [3.8, 4) is 11.4 Å². The summed E-state index contributed by atoms with van der Waals surface area (Å²) in [5, 5.41) is 4.71. The van der Waals surface area contributed by atoms with E-state index in [1.807, 2.05) is 17.0 Å². The predicted molar refractivity (Wildman–Crippen MR) is 111 cm³/mol. The Hall–Kier alpha value is -2.77. The van der Waals surface area contributed by atoms with Crippen LogP contribution in [0.25, 0.3) is 11.4 Å². The Morgan fingerprint density at radius 1 is 1.03 bits per heavy atom. The Kier molecular flexibility index (Phi) is 6.40. The molecular formula is C22H22ClFN4O2. The van der Waals surface area contributed by atoms with E-state index in [4.69, 9.17) is 16.1 Å². The molecule has 0 bridgehead atoms. The van der Waals surface area contributed by atoms with Gasteiger partial charge < -0.3 is 9.42 Å². The van der Waals surface area contributed by atoms with Crippen LogP contribution in [0.15, 0.2) is 53.1 Å². The Balaban J connectivity index is 1.31. The van der Waals surface area contributed by atoms with E-state index in [0.29, 0.717) is 36.4 Å². The van der Waals surface area contributed by atoms with Crippen molar-refractivity contribution in [1.82, 2.24) is 19.9 Å². The molecule has 1 aliphatic rings. The molecule has 2 heterocycles. The summed E-state index contributed by atoms with van der Waals surface area (Å²) < 4.78 is 18.5. The molecule has 0 radical (unpaired) electrons. The second kappa shape index (κ2) is 9.36. The van der Waals surface area contributed by atoms with E-state index in [1.54, 1.807) is 24.3 Å². The van der Waals surface area contributed by atoms with Crippen molar-refractivity contribution in [2.24, 2.45) is 0 Å². The number of halogens is 2. The zero-order valence-electron chi connectivity index (χ0n) is 16.4. The van der Waals surface area contributed by atoms with Gasteiger partial charge in [-0.25, -0.2) is 4.39 Å². The van der Waals surface area contributed by atoms with Crippen molar-refractivity contribution in [1.29, 1.82) is 0 Å². The minimum atomic E-state index is -0.295. The van der Waals surface area contributed by atoms with Gasteiger partial charge in [0.05, 0.1) is 13.0 Å². The zero-order chi connectivity index (χ0) is 20.9. The topological polar surface area (TPSA) is 62.5 Å². The van der Waals surface area contributed by atoms with Gasteiger partial charge in [0.1, 0.15) is 5.82 Å². The van der Waals surface area contributed by atoms with Gasteiger partial charge in [-0.15, -0.1) is 0 Å². The predicted octanol–water partition coefficient (Wildman–Crippen LogP) is 3.81. The van der Waals surface area contributed by atoms with E-state index < -0.39 is 0 Å². The van der Waals surface area contributed by atoms with E-state index in [9.17, 15) is 9.18 Å². The van der Waals surface area contributed by atoms with Crippen molar-refractivity contribution in [2.75, 3.05) is 26.2 Å². The molecule has 1 saturated heterocycles. The van der Waals surface area contributed by atoms with Crippen molar-refractivity contribution in [2.45, 2.75) is 19.4 Å². The minimum absolute atomic E-state index is 0.0614. The number of rotatable bonds is 5. The fraction of sp³-hybridized carbons (Fsp3) is 0.318. The molecule has 6 nitrogen and oxygen atoms in total. The molecule has 3 aromatic rings. The molecule has 1 fully saturated rings. The lowest BCUT2D eigenvalue weighted by Gasteiger charge is -2.21. The largest absolute Gasteiger partial charge is 0.341 e. The first kappa shape index (κ1) is 20.5. The summed E-state index contributed by atoms with van der Waals surface area (Å²) in [4.78, 5) is 21.2. The maximum absolute atomic E-state index is 13.0. The number of amides is 1. The van der Waals surface area contributed by atoms with Gasteiger partial charge in [0.25, 0.3) is 0 Å². The lowest BCUT2D eigenvalue weighted by molar-refractivity contribution is -0.130. The molecule has 8 heteroatoms. The minimum Gasteiger partial charge on any atom is -0.341 e. The Bertz CT molecular complexity index is 991. The molecule has 0 spiro atoms. The Labute approximate surface area is 179 Å². The number of hydrogen-bond donors (Lipinski definition) is 0. The summed E-state index contributed by atoms with van der Waals surface area (Å²) in [6, 6.07) is 13.4. The van der Waals surface area contributed by atoms with Gasteiger partial charge in [-0.1, -0.05) is 28.9 Å². The van der Waals surface area contributed by atoms with E-state index >= 15 is 0 Å². The first-order valence-electron chi connectivity index (χ1n) is 9.90. The van der Waals surface area contributed by atoms with Gasteiger partial charge in [-0.05, 0) is 48.4 Å². The van der Waals surface area contributed by atoms with Gasteiger partial charge in [0.2, 0.25) is 17.6 Å². The molecule has 4 rings (SSSR count). The molecular weight excluding hydrogens is 407 g/mol. The molecule has 1 amide bonds. The van der Waals surface area contributed by atoms with Gasteiger partial charge in [0, 0.05) is 36.8 Å². The number of hydrogen-bond acceptors (Lipinski definition) is 5. The molecule has 0 unspecified atom stereocenters. The van der Waals surface area contributed by atoms with Gasteiger partial charge in [0.15, 0.2) is 0 Å². The van der Waals surface area contributed by atoms with Gasteiger partial charge in [-0.2, -0.15) is 4.98 Å². The summed E-state index contributed by atoms with van der Waals surface area (Å²) in [6.45, 7) is 3.46. The molecule has 1 aromatic heterocycles. The van der Waals surface area contributed by atoms with Gasteiger partial charge >= 0.3 is 0 Å². The lowest BCUT2D eigenvalue weighted by atomic mass is 10.1.